The molecule has 1 N–H and O–H groups in total. The second kappa shape index (κ2) is 9.05. The smallest absolute Gasteiger partial charge is 0.307 e. The molecular weight excluding hydrogens is 370 g/mol. The first-order chi connectivity index (χ1) is 14.0. The van der Waals surface area contributed by atoms with Gasteiger partial charge in [0.25, 0.3) is 0 Å². The molecule has 3 aromatic rings. The Morgan fingerprint density at radius 3 is 2.66 bits per heavy atom. The van der Waals surface area contributed by atoms with Gasteiger partial charge in [-0.15, -0.1) is 0 Å². The summed E-state index contributed by atoms with van der Waals surface area (Å²) in [6.07, 6.45) is 5.04. The highest BCUT2D eigenvalue weighted by Gasteiger charge is 2.15. The van der Waals surface area contributed by atoms with E-state index in [1.165, 1.54) is 13.2 Å². The standard InChI is InChI=1S/C22H23N3O4/c1-15(13-21(27)28-3)23-20(26)12-10-17-14-25(18-7-5-4-6-8-18)24-22(17)19-11-9-16(2)29-19/h4-12,14-15H,13H2,1-3H3,(H,23,26). The molecule has 1 aromatic carbocycles. The van der Waals surface area contributed by atoms with E-state index in [4.69, 9.17) is 4.42 Å². The van der Waals surface area contributed by atoms with Gasteiger partial charge in [-0.1, -0.05) is 18.2 Å². The van der Waals surface area contributed by atoms with E-state index in [0.29, 0.717) is 11.5 Å². The largest absolute Gasteiger partial charge is 0.469 e. The summed E-state index contributed by atoms with van der Waals surface area (Å²) in [4.78, 5) is 23.5. The maximum absolute atomic E-state index is 12.2. The van der Waals surface area contributed by atoms with Gasteiger partial charge in [0.1, 0.15) is 11.5 Å². The van der Waals surface area contributed by atoms with Gasteiger partial charge in [0, 0.05) is 23.9 Å². The average molecular weight is 393 g/mol. The lowest BCUT2D eigenvalue weighted by Crippen LogP contribution is -2.33. The van der Waals surface area contributed by atoms with Crippen LogP contribution in [0.3, 0.4) is 0 Å². The first-order valence-corrected chi connectivity index (χ1v) is 9.23. The molecule has 0 bridgehead atoms. The third-order valence-electron chi connectivity index (χ3n) is 4.24. The first kappa shape index (κ1) is 20.1. The van der Waals surface area contributed by atoms with E-state index in [9.17, 15) is 9.59 Å². The average Bonchev–Trinajstić information content (AvgIpc) is 3.33. The Bertz CT molecular complexity index is 1020. The number of carbonyl (C=O) groups is 2. The highest BCUT2D eigenvalue weighted by Crippen LogP contribution is 2.26. The fraction of sp³-hybridized carbons (Fsp3) is 0.227. The van der Waals surface area contributed by atoms with Crippen molar-refractivity contribution in [1.29, 1.82) is 0 Å². The number of nitrogens with zero attached hydrogens (tertiary/aromatic N) is 2. The molecule has 0 saturated heterocycles. The minimum Gasteiger partial charge on any atom is -0.469 e. The third kappa shape index (κ3) is 5.22. The summed E-state index contributed by atoms with van der Waals surface area (Å²) in [6, 6.07) is 13.1. The number of aryl methyl sites for hydroxylation is 1. The van der Waals surface area contributed by atoms with Crippen molar-refractivity contribution in [2.75, 3.05) is 7.11 Å². The fourth-order valence-electron chi connectivity index (χ4n) is 2.82. The Labute approximate surface area is 169 Å². The van der Waals surface area contributed by atoms with Crippen LogP contribution in [0.4, 0.5) is 0 Å². The minimum absolute atomic E-state index is 0.110. The number of carbonyl (C=O) groups excluding carboxylic acids is 2. The number of hydrogen-bond donors (Lipinski definition) is 1. The van der Waals surface area contributed by atoms with Crippen molar-refractivity contribution in [3.8, 4) is 17.1 Å². The molecule has 1 amide bonds. The molecule has 0 aliphatic rings. The molecular formula is C22H23N3O4. The Hall–Kier alpha value is -3.61. The monoisotopic (exact) mass is 393 g/mol. The predicted molar refractivity (Wildman–Crippen MR) is 109 cm³/mol. The second-order valence-corrected chi connectivity index (χ2v) is 6.65. The summed E-state index contributed by atoms with van der Waals surface area (Å²) in [7, 11) is 1.32. The second-order valence-electron chi connectivity index (χ2n) is 6.65. The summed E-state index contributed by atoms with van der Waals surface area (Å²) in [5, 5.41) is 7.37. The fourth-order valence-corrected chi connectivity index (χ4v) is 2.82. The van der Waals surface area contributed by atoms with Gasteiger partial charge in [-0.05, 0) is 44.2 Å². The number of benzene rings is 1. The molecule has 0 aliphatic carbocycles. The lowest BCUT2D eigenvalue weighted by Gasteiger charge is -2.10. The highest BCUT2D eigenvalue weighted by atomic mass is 16.5. The Kier molecular flexibility index (Phi) is 6.29. The van der Waals surface area contributed by atoms with Crippen LogP contribution in [0.5, 0.6) is 0 Å². The van der Waals surface area contributed by atoms with Crippen LogP contribution in [0.25, 0.3) is 23.2 Å². The van der Waals surface area contributed by atoms with E-state index in [-0.39, 0.29) is 24.3 Å². The lowest BCUT2D eigenvalue weighted by atomic mass is 10.2. The van der Waals surface area contributed by atoms with E-state index in [2.05, 4.69) is 15.2 Å². The quantitative estimate of drug-likeness (QED) is 0.490. The number of amides is 1. The highest BCUT2D eigenvalue weighted by molar-refractivity contribution is 5.93. The zero-order valence-electron chi connectivity index (χ0n) is 16.6. The van der Waals surface area contributed by atoms with Crippen LogP contribution < -0.4 is 5.32 Å². The van der Waals surface area contributed by atoms with Crippen molar-refractivity contribution < 1.29 is 18.7 Å². The molecule has 3 rings (SSSR count). The molecule has 0 saturated carbocycles. The van der Waals surface area contributed by atoms with Crippen LogP contribution >= 0.6 is 0 Å². The van der Waals surface area contributed by atoms with Crippen LogP contribution in [0, 0.1) is 6.92 Å². The summed E-state index contributed by atoms with van der Waals surface area (Å²) in [6.45, 7) is 3.61. The Morgan fingerprint density at radius 2 is 2.00 bits per heavy atom. The normalized spacial score (nSPS) is 12.1. The van der Waals surface area contributed by atoms with Crippen molar-refractivity contribution in [3.63, 3.8) is 0 Å². The molecule has 7 heteroatoms. The van der Waals surface area contributed by atoms with Crippen LogP contribution in [-0.4, -0.2) is 34.8 Å². The number of furan rings is 1. The van der Waals surface area contributed by atoms with Crippen LogP contribution in [0.1, 0.15) is 24.7 Å². The zero-order valence-corrected chi connectivity index (χ0v) is 16.6. The van der Waals surface area contributed by atoms with Gasteiger partial charge in [-0.25, -0.2) is 4.68 Å². The van der Waals surface area contributed by atoms with E-state index < -0.39 is 0 Å². The molecule has 2 heterocycles. The van der Waals surface area contributed by atoms with E-state index in [1.807, 2.05) is 55.6 Å². The van der Waals surface area contributed by atoms with Gasteiger partial charge in [0.05, 0.1) is 19.2 Å². The van der Waals surface area contributed by atoms with Crippen LogP contribution in [-0.2, 0) is 14.3 Å². The molecule has 1 atom stereocenters. The van der Waals surface area contributed by atoms with E-state index >= 15 is 0 Å². The molecule has 150 valence electrons. The summed E-state index contributed by atoms with van der Waals surface area (Å²) < 4.78 is 12.1. The number of ether oxygens (including phenoxy) is 1. The summed E-state index contributed by atoms with van der Waals surface area (Å²) >= 11 is 0. The Balaban J connectivity index is 1.83. The molecule has 0 aliphatic heterocycles. The number of nitrogens with one attached hydrogen (secondary N) is 1. The maximum atomic E-state index is 12.2. The van der Waals surface area contributed by atoms with Gasteiger partial charge >= 0.3 is 5.97 Å². The molecule has 0 fully saturated rings. The first-order valence-electron chi connectivity index (χ1n) is 9.23. The molecule has 1 unspecified atom stereocenters. The topological polar surface area (TPSA) is 86.4 Å². The molecule has 7 nitrogen and oxygen atoms in total. The molecule has 0 radical (unpaired) electrons. The van der Waals surface area contributed by atoms with Gasteiger partial charge in [0.15, 0.2) is 5.76 Å². The van der Waals surface area contributed by atoms with E-state index in [1.54, 1.807) is 17.7 Å². The number of hydrogen-bond acceptors (Lipinski definition) is 5. The number of methoxy groups -OCH3 is 1. The van der Waals surface area contributed by atoms with Gasteiger partial charge in [-0.2, -0.15) is 5.10 Å². The lowest BCUT2D eigenvalue weighted by molar-refractivity contribution is -0.141. The van der Waals surface area contributed by atoms with E-state index in [0.717, 1.165) is 17.0 Å². The Morgan fingerprint density at radius 1 is 1.24 bits per heavy atom. The molecule has 29 heavy (non-hydrogen) atoms. The van der Waals surface area contributed by atoms with Crippen LogP contribution in [0.2, 0.25) is 0 Å². The third-order valence-corrected chi connectivity index (χ3v) is 4.24. The summed E-state index contributed by atoms with van der Waals surface area (Å²) in [5.41, 5.74) is 2.26. The maximum Gasteiger partial charge on any atom is 0.307 e. The number of aromatic nitrogens is 2. The predicted octanol–water partition coefficient (Wildman–Crippen LogP) is 3.52. The van der Waals surface area contributed by atoms with Crippen molar-refractivity contribution in [3.05, 3.63) is 66.1 Å². The van der Waals surface area contributed by atoms with Crippen molar-refractivity contribution in [2.45, 2.75) is 26.3 Å². The van der Waals surface area contributed by atoms with Crippen molar-refractivity contribution >= 4 is 18.0 Å². The minimum atomic E-state index is -0.374. The number of para-hydroxylation sites is 1. The zero-order chi connectivity index (χ0) is 20.8. The summed E-state index contributed by atoms with van der Waals surface area (Å²) in [5.74, 6) is 0.715. The van der Waals surface area contributed by atoms with Crippen LogP contribution in [0.15, 0.2) is 59.2 Å². The number of esters is 1. The SMILES string of the molecule is COC(=O)CC(C)NC(=O)C=Cc1cn(-c2ccccc2)nc1-c1ccc(C)o1. The van der Waals surface area contributed by atoms with Gasteiger partial charge < -0.3 is 14.5 Å². The van der Waals surface area contributed by atoms with Gasteiger partial charge in [-0.3, -0.25) is 9.59 Å². The molecule has 0 spiro atoms. The van der Waals surface area contributed by atoms with Crippen molar-refractivity contribution in [1.82, 2.24) is 15.1 Å². The van der Waals surface area contributed by atoms with Crippen molar-refractivity contribution in [2.24, 2.45) is 0 Å². The van der Waals surface area contributed by atoms with Gasteiger partial charge in [0.2, 0.25) is 5.91 Å². The number of rotatable bonds is 7. The molecule has 2 aromatic heterocycles.